The zero-order valence-corrected chi connectivity index (χ0v) is 19.9. The molecule has 0 fully saturated rings. The number of nitrogens with one attached hydrogen (secondary N) is 2. The summed E-state index contributed by atoms with van der Waals surface area (Å²) in [7, 11) is 1.52. The summed E-state index contributed by atoms with van der Waals surface area (Å²) in [6.45, 7) is 3.74. The van der Waals surface area contributed by atoms with Gasteiger partial charge in [0.2, 0.25) is 5.91 Å². The molecule has 2 aromatic carbocycles. The van der Waals surface area contributed by atoms with Gasteiger partial charge >= 0.3 is 12.1 Å². The predicted molar refractivity (Wildman–Crippen MR) is 129 cm³/mol. The third-order valence-electron chi connectivity index (χ3n) is 6.21. The zero-order chi connectivity index (χ0) is 25.2. The van der Waals surface area contributed by atoms with Crippen LogP contribution in [0, 0.1) is 5.41 Å². The Bertz CT molecular complexity index is 1230. The van der Waals surface area contributed by atoms with Crippen LogP contribution in [0.15, 0.2) is 54.6 Å². The molecule has 4 rings (SSSR count). The minimum absolute atomic E-state index is 0.0328. The lowest BCUT2D eigenvalue weighted by molar-refractivity contribution is -0.129. The van der Waals surface area contributed by atoms with E-state index >= 15 is 0 Å². The van der Waals surface area contributed by atoms with Crippen molar-refractivity contribution in [3.63, 3.8) is 0 Å². The number of ether oxygens (including phenoxy) is 1. The molecule has 3 aromatic rings. The number of carbonyl (C=O) groups is 3. The quantitative estimate of drug-likeness (QED) is 0.459. The van der Waals surface area contributed by atoms with Crippen LogP contribution in [-0.4, -0.2) is 46.0 Å². The largest absolute Gasteiger partial charge is 0.477 e. The van der Waals surface area contributed by atoms with Gasteiger partial charge in [-0.05, 0) is 42.2 Å². The summed E-state index contributed by atoms with van der Waals surface area (Å²) in [4.78, 5) is 36.2. The second-order valence-electron chi connectivity index (χ2n) is 9.20. The van der Waals surface area contributed by atoms with E-state index in [4.69, 9.17) is 9.84 Å². The number of aromatic carboxylic acids is 1. The maximum Gasteiger partial charge on any atom is 0.407 e. The van der Waals surface area contributed by atoms with E-state index < -0.39 is 17.5 Å². The third-order valence-corrected chi connectivity index (χ3v) is 6.21. The van der Waals surface area contributed by atoms with Crippen LogP contribution in [-0.2, 0) is 23.1 Å². The maximum atomic E-state index is 12.7. The predicted octanol–water partition coefficient (Wildman–Crippen LogP) is 3.30. The van der Waals surface area contributed by atoms with Gasteiger partial charge in [-0.25, -0.2) is 9.59 Å². The minimum Gasteiger partial charge on any atom is -0.477 e. The molecule has 0 atom stereocenters. The first-order valence-electron chi connectivity index (χ1n) is 11.3. The van der Waals surface area contributed by atoms with Gasteiger partial charge in [0.15, 0.2) is 0 Å². The first-order valence-corrected chi connectivity index (χ1v) is 11.3. The molecule has 2 amide bonds. The van der Waals surface area contributed by atoms with Crippen molar-refractivity contribution in [1.29, 1.82) is 0 Å². The Morgan fingerprint density at radius 2 is 1.63 bits per heavy atom. The Balaban J connectivity index is 1.29. The van der Waals surface area contributed by atoms with E-state index in [9.17, 15) is 14.4 Å². The number of carboxylic acids is 1. The molecule has 1 aliphatic rings. The number of alkyl carbamates (subject to hydrolysis) is 1. The van der Waals surface area contributed by atoms with Crippen molar-refractivity contribution in [2.75, 3.05) is 13.2 Å². The van der Waals surface area contributed by atoms with E-state index in [1.165, 1.54) is 17.8 Å². The second kappa shape index (κ2) is 9.61. The van der Waals surface area contributed by atoms with Gasteiger partial charge in [-0.3, -0.25) is 9.48 Å². The Kier molecular flexibility index (Phi) is 6.59. The van der Waals surface area contributed by atoms with Gasteiger partial charge in [-0.2, -0.15) is 5.10 Å². The number of carbonyl (C=O) groups excluding carboxylic acids is 2. The molecule has 1 heterocycles. The molecule has 0 spiro atoms. The molecule has 9 nitrogen and oxygen atoms in total. The van der Waals surface area contributed by atoms with E-state index in [0.29, 0.717) is 5.69 Å². The lowest BCUT2D eigenvalue weighted by Gasteiger charge is -2.24. The molecular formula is C26H28N4O5. The van der Waals surface area contributed by atoms with Gasteiger partial charge in [-0.1, -0.05) is 48.5 Å². The maximum absolute atomic E-state index is 12.7. The fraction of sp³-hybridized carbons (Fsp3) is 0.308. The van der Waals surface area contributed by atoms with Gasteiger partial charge < -0.3 is 20.5 Å². The summed E-state index contributed by atoms with van der Waals surface area (Å²) in [6, 6.07) is 17.6. The third kappa shape index (κ3) is 5.03. The van der Waals surface area contributed by atoms with Crippen LogP contribution in [0.4, 0.5) is 4.79 Å². The molecule has 0 radical (unpaired) electrons. The van der Waals surface area contributed by atoms with Crippen LogP contribution in [0.3, 0.4) is 0 Å². The van der Waals surface area contributed by atoms with E-state index in [2.05, 4.69) is 40.0 Å². The molecule has 1 aliphatic carbocycles. The Hall–Kier alpha value is -4.14. The molecule has 0 unspecified atom stereocenters. The van der Waals surface area contributed by atoms with Crippen LogP contribution in [0.5, 0.6) is 0 Å². The van der Waals surface area contributed by atoms with Crippen molar-refractivity contribution in [2.24, 2.45) is 12.5 Å². The van der Waals surface area contributed by atoms with Crippen LogP contribution < -0.4 is 10.6 Å². The van der Waals surface area contributed by atoms with E-state index in [0.717, 1.165) is 22.3 Å². The lowest BCUT2D eigenvalue weighted by atomic mass is 9.92. The number of aromatic nitrogens is 2. The van der Waals surface area contributed by atoms with Crippen molar-refractivity contribution in [2.45, 2.75) is 26.3 Å². The topological polar surface area (TPSA) is 123 Å². The first kappa shape index (κ1) is 24.0. The van der Waals surface area contributed by atoms with Crippen molar-refractivity contribution in [3.8, 4) is 11.1 Å². The number of aryl methyl sites for hydroxylation is 1. The number of hydrogen-bond donors (Lipinski definition) is 3. The SMILES string of the molecule is Cn1nc(CNC(=O)C(C)(C)CNC(=O)OCC2c3ccccc3-c3ccccc32)cc1C(=O)O. The van der Waals surface area contributed by atoms with Crippen molar-refractivity contribution < 1.29 is 24.2 Å². The van der Waals surface area contributed by atoms with Gasteiger partial charge in [0.25, 0.3) is 0 Å². The van der Waals surface area contributed by atoms with E-state index in [1.54, 1.807) is 13.8 Å². The summed E-state index contributed by atoms with van der Waals surface area (Å²) in [5.74, 6) is -1.44. The highest BCUT2D eigenvalue weighted by atomic mass is 16.5. The average molecular weight is 477 g/mol. The molecule has 9 heteroatoms. The van der Waals surface area contributed by atoms with Gasteiger partial charge in [0, 0.05) is 19.5 Å². The fourth-order valence-corrected chi connectivity index (χ4v) is 4.25. The number of benzene rings is 2. The monoisotopic (exact) mass is 476 g/mol. The minimum atomic E-state index is -1.09. The average Bonchev–Trinajstić information content (AvgIpc) is 3.37. The molecule has 3 N–H and O–H groups in total. The Morgan fingerprint density at radius 3 is 2.20 bits per heavy atom. The van der Waals surface area contributed by atoms with Crippen LogP contribution >= 0.6 is 0 Å². The summed E-state index contributed by atoms with van der Waals surface area (Å²) in [5, 5.41) is 18.6. The molecule has 0 saturated carbocycles. The number of hydrogen-bond acceptors (Lipinski definition) is 5. The normalized spacial score (nSPS) is 12.5. The van der Waals surface area contributed by atoms with Crippen LogP contribution in [0.25, 0.3) is 11.1 Å². The molecular weight excluding hydrogens is 448 g/mol. The van der Waals surface area contributed by atoms with E-state index in [-0.39, 0.29) is 37.2 Å². The van der Waals surface area contributed by atoms with Crippen LogP contribution in [0.1, 0.15) is 47.1 Å². The number of rotatable bonds is 8. The van der Waals surface area contributed by atoms with Crippen molar-refractivity contribution >= 4 is 18.0 Å². The number of fused-ring (bicyclic) bond motifs is 3. The Morgan fingerprint density at radius 1 is 1.03 bits per heavy atom. The number of nitrogens with zero attached hydrogens (tertiary/aromatic N) is 2. The molecule has 0 bridgehead atoms. The van der Waals surface area contributed by atoms with Crippen LogP contribution in [0.2, 0.25) is 0 Å². The van der Waals surface area contributed by atoms with Gasteiger partial charge in [-0.15, -0.1) is 0 Å². The Labute approximate surface area is 203 Å². The van der Waals surface area contributed by atoms with Crippen molar-refractivity contribution in [3.05, 3.63) is 77.1 Å². The first-order chi connectivity index (χ1) is 16.7. The molecule has 182 valence electrons. The molecule has 35 heavy (non-hydrogen) atoms. The highest BCUT2D eigenvalue weighted by Crippen LogP contribution is 2.44. The standard InChI is InChI=1S/C26H28N4O5/c1-26(2,24(33)27-13-16-12-22(23(31)32)30(3)29-16)15-28-25(34)35-14-21-19-10-6-4-8-17(19)18-9-5-7-11-20(18)21/h4-12,21H,13-15H2,1-3H3,(H,27,33)(H,28,34)(H,31,32). The zero-order valence-electron chi connectivity index (χ0n) is 19.9. The smallest absolute Gasteiger partial charge is 0.407 e. The fourth-order valence-electron chi connectivity index (χ4n) is 4.25. The highest BCUT2D eigenvalue weighted by Gasteiger charge is 2.31. The van der Waals surface area contributed by atoms with Gasteiger partial charge in [0.05, 0.1) is 17.7 Å². The van der Waals surface area contributed by atoms with E-state index in [1.807, 2.05) is 24.3 Å². The molecule has 0 aliphatic heterocycles. The summed E-state index contributed by atoms with van der Waals surface area (Å²) >= 11 is 0. The van der Waals surface area contributed by atoms with Gasteiger partial charge in [0.1, 0.15) is 12.3 Å². The summed E-state index contributed by atoms with van der Waals surface area (Å²) in [5.41, 5.74) is 4.10. The lowest BCUT2D eigenvalue weighted by Crippen LogP contribution is -2.45. The molecule has 0 saturated heterocycles. The highest BCUT2D eigenvalue weighted by molar-refractivity contribution is 5.86. The number of amides is 2. The number of carboxylic acid groups (broad SMARTS) is 1. The molecule has 1 aromatic heterocycles. The summed E-state index contributed by atoms with van der Waals surface area (Å²) < 4.78 is 6.78. The summed E-state index contributed by atoms with van der Waals surface area (Å²) in [6.07, 6.45) is -0.594. The van der Waals surface area contributed by atoms with Crippen molar-refractivity contribution in [1.82, 2.24) is 20.4 Å². The second-order valence-corrected chi connectivity index (χ2v) is 9.20.